The van der Waals surface area contributed by atoms with Gasteiger partial charge in [-0.1, -0.05) is 33.1 Å². The van der Waals surface area contributed by atoms with E-state index in [1.165, 1.54) is 19.3 Å². The fraction of sp³-hybridized carbons (Fsp3) is 0.667. The molecule has 4 amide bonds. The first-order chi connectivity index (χ1) is 17.2. The van der Waals surface area contributed by atoms with Crippen LogP contribution >= 0.6 is 0 Å². The molecule has 1 aromatic carbocycles. The Morgan fingerprint density at radius 2 is 1.72 bits per heavy atom. The zero-order valence-electron chi connectivity index (χ0n) is 22.1. The smallest absolute Gasteiger partial charge is 0.318 e. The van der Waals surface area contributed by atoms with E-state index in [1.54, 1.807) is 30.1 Å². The van der Waals surface area contributed by atoms with Crippen molar-refractivity contribution >= 4 is 17.8 Å². The van der Waals surface area contributed by atoms with Crippen molar-refractivity contribution in [1.29, 1.82) is 0 Å². The van der Waals surface area contributed by atoms with Gasteiger partial charge in [-0.25, -0.2) is 4.79 Å². The van der Waals surface area contributed by atoms with Gasteiger partial charge in [-0.15, -0.1) is 0 Å². The van der Waals surface area contributed by atoms with Crippen molar-refractivity contribution in [3.8, 4) is 11.5 Å². The van der Waals surface area contributed by atoms with Gasteiger partial charge in [0.25, 0.3) is 0 Å². The number of carbonyl (C=O) groups excluding carboxylic acids is 3. The SMILES string of the molecule is COc1cc(CN2C[C@@H](CC(N)=O)N(C(=O)NCC3CCCCC3)[C@H](CC(C)C)C2=O)cc(OC)c1. The van der Waals surface area contributed by atoms with Crippen molar-refractivity contribution in [2.75, 3.05) is 27.3 Å². The summed E-state index contributed by atoms with van der Waals surface area (Å²) in [5, 5.41) is 3.07. The Bertz CT molecular complexity index is 893. The number of methoxy groups -OCH3 is 2. The lowest BCUT2D eigenvalue weighted by Gasteiger charge is -2.46. The van der Waals surface area contributed by atoms with Crippen molar-refractivity contribution in [1.82, 2.24) is 15.1 Å². The van der Waals surface area contributed by atoms with Crippen LogP contribution in [0.4, 0.5) is 4.79 Å². The van der Waals surface area contributed by atoms with Gasteiger partial charge in [-0.2, -0.15) is 0 Å². The van der Waals surface area contributed by atoms with E-state index < -0.39 is 18.0 Å². The van der Waals surface area contributed by atoms with Crippen molar-refractivity contribution < 1.29 is 23.9 Å². The first-order valence-electron chi connectivity index (χ1n) is 13.1. The molecule has 9 heteroatoms. The van der Waals surface area contributed by atoms with Gasteiger partial charge >= 0.3 is 6.03 Å². The maximum Gasteiger partial charge on any atom is 0.318 e. The van der Waals surface area contributed by atoms with Crippen LogP contribution in [0.3, 0.4) is 0 Å². The van der Waals surface area contributed by atoms with E-state index in [0.717, 1.165) is 18.4 Å². The van der Waals surface area contributed by atoms with Gasteiger partial charge < -0.3 is 30.3 Å². The van der Waals surface area contributed by atoms with Crippen LogP contribution in [-0.2, 0) is 16.1 Å². The highest BCUT2D eigenvalue weighted by molar-refractivity contribution is 5.89. The van der Waals surface area contributed by atoms with Crippen LogP contribution in [0.5, 0.6) is 11.5 Å². The number of carbonyl (C=O) groups is 3. The van der Waals surface area contributed by atoms with E-state index in [2.05, 4.69) is 5.32 Å². The molecule has 9 nitrogen and oxygen atoms in total. The molecule has 0 unspecified atom stereocenters. The van der Waals surface area contributed by atoms with Crippen LogP contribution in [0.2, 0.25) is 0 Å². The van der Waals surface area contributed by atoms with Gasteiger partial charge in [-0.3, -0.25) is 9.59 Å². The molecular formula is C27H42N4O5. The number of hydrogen-bond donors (Lipinski definition) is 2. The molecule has 1 aliphatic heterocycles. The molecular weight excluding hydrogens is 460 g/mol. The Morgan fingerprint density at radius 3 is 2.28 bits per heavy atom. The van der Waals surface area contributed by atoms with Gasteiger partial charge in [0, 0.05) is 32.1 Å². The summed E-state index contributed by atoms with van der Waals surface area (Å²) in [5.41, 5.74) is 6.44. The largest absolute Gasteiger partial charge is 0.497 e. The van der Waals surface area contributed by atoms with Crippen molar-refractivity contribution in [2.45, 2.75) is 77.4 Å². The summed E-state index contributed by atoms with van der Waals surface area (Å²) in [6.45, 7) is 5.19. The molecule has 1 heterocycles. The first-order valence-corrected chi connectivity index (χ1v) is 13.1. The Kier molecular flexibility index (Phi) is 9.84. The predicted octanol–water partition coefficient (Wildman–Crippen LogP) is 3.30. The molecule has 0 bridgehead atoms. The standard InChI is InChI=1S/C27H42N4O5/c1-18(2)10-24-26(33)30(16-20-11-22(35-3)14-23(12-20)36-4)17-21(13-25(28)32)31(24)27(34)29-15-19-8-6-5-7-9-19/h11-12,14,18-19,21,24H,5-10,13,15-17H2,1-4H3,(H2,28,32)(H,29,34)/t21-,24-/m1/s1. The second-order valence-electron chi connectivity index (χ2n) is 10.5. The average Bonchev–Trinajstić information content (AvgIpc) is 2.85. The second-order valence-corrected chi connectivity index (χ2v) is 10.5. The molecule has 1 saturated carbocycles. The highest BCUT2D eigenvalue weighted by Gasteiger charge is 2.44. The predicted molar refractivity (Wildman–Crippen MR) is 138 cm³/mol. The molecule has 200 valence electrons. The summed E-state index contributed by atoms with van der Waals surface area (Å²) in [7, 11) is 3.16. The average molecular weight is 503 g/mol. The lowest BCUT2D eigenvalue weighted by molar-refractivity contribution is -0.145. The first kappa shape index (κ1) is 27.6. The molecule has 0 spiro atoms. The third kappa shape index (κ3) is 7.27. The van der Waals surface area contributed by atoms with Gasteiger partial charge in [-0.05, 0) is 48.8 Å². The number of urea groups is 1. The van der Waals surface area contributed by atoms with E-state index in [9.17, 15) is 14.4 Å². The Labute approximate surface area is 214 Å². The topological polar surface area (TPSA) is 114 Å². The number of piperazine rings is 1. The van der Waals surface area contributed by atoms with Crippen molar-refractivity contribution in [2.24, 2.45) is 17.6 Å². The number of rotatable bonds is 10. The van der Waals surface area contributed by atoms with Crippen molar-refractivity contribution in [3.63, 3.8) is 0 Å². The van der Waals surface area contributed by atoms with Crippen LogP contribution in [0.25, 0.3) is 0 Å². The van der Waals surface area contributed by atoms with Crippen molar-refractivity contribution in [3.05, 3.63) is 23.8 Å². The van der Waals surface area contributed by atoms with Crippen LogP contribution in [0, 0.1) is 11.8 Å². The summed E-state index contributed by atoms with van der Waals surface area (Å²) >= 11 is 0. The summed E-state index contributed by atoms with van der Waals surface area (Å²) in [5.74, 6) is 1.28. The quantitative estimate of drug-likeness (QED) is 0.510. The van der Waals surface area contributed by atoms with E-state index in [4.69, 9.17) is 15.2 Å². The number of nitrogens with zero attached hydrogens (tertiary/aromatic N) is 2. The number of hydrogen-bond acceptors (Lipinski definition) is 5. The van der Waals surface area contributed by atoms with Crippen LogP contribution < -0.4 is 20.5 Å². The minimum atomic E-state index is -0.665. The molecule has 3 rings (SSSR count). The fourth-order valence-corrected chi connectivity index (χ4v) is 5.41. The lowest BCUT2D eigenvalue weighted by Crippen LogP contribution is -2.65. The van der Waals surface area contributed by atoms with E-state index in [-0.39, 0.29) is 30.8 Å². The number of amides is 4. The second kappa shape index (κ2) is 12.8. The summed E-state index contributed by atoms with van der Waals surface area (Å²) in [6.07, 6.45) is 6.34. The zero-order chi connectivity index (χ0) is 26.2. The minimum Gasteiger partial charge on any atom is -0.497 e. The molecule has 0 radical (unpaired) electrons. The number of nitrogens with one attached hydrogen (secondary N) is 1. The highest BCUT2D eigenvalue weighted by atomic mass is 16.5. The van der Waals surface area contributed by atoms with Crippen LogP contribution in [-0.4, -0.2) is 67.0 Å². The molecule has 0 aromatic heterocycles. The summed E-state index contributed by atoms with van der Waals surface area (Å²) < 4.78 is 10.8. The third-order valence-corrected chi connectivity index (χ3v) is 7.17. The summed E-state index contributed by atoms with van der Waals surface area (Å²) in [4.78, 5) is 42.5. The zero-order valence-corrected chi connectivity index (χ0v) is 22.1. The molecule has 1 saturated heterocycles. The highest BCUT2D eigenvalue weighted by Crippen LogP contribution is 2.29. The van der Waals surface area contributed by atoms with Gasteiger partial charge in [0.05, 0.1) is 20.3 Å². The molecule has 2 fully saturated rings. The minimum absolute atomic E-state index is 0.00332. The summed E-state index contributed by atoms with van der Waals surface area (Å²) in [6, 6.07) is 4.05. The third-order valence-electron chi connectivity index (χ3n) is 7.17. The molecule has 2 aliphatic rings. The number of primary amides is 1. The van der Waals surface area contributed by atoms with Crippen LogP contribution in [0.15, 0.2) is 18.2 Å². The van der Waals surface area contributed by atoms with Gasteiger partial charge in [0.1, 0.15) is 17.5 Å². The van der Waals surface area contributed by atoms with E-state index in [1.807, 2.05) is 26.0 Å². The maximum atomic E-state index is 13.8. The van der Waals surface area contributed by atoms with Gasteiger partial charge in [0.2, 0.25) is 11.8 Å². The Balaban J connectivity index is 1.84. The Hall–Kier alpha value is -2.97. The monoisotopic (exact) mass is 502 g/mol. The fourth-order valence-electron chi connectivity index (χ4n) is 5.41. The number of benzene rings is 1. The van der Waals surface area contributed by atoms with Gasteiger partial charge in [0.15, 0.2) is 0 Å². The van der Waals surface area contributed by atoms with Crippen LogP contribution in [0.1, 0.15) is 64.4 Å². The number of nitrogens with two attached hydrogens (primary N) is 1. The Morgan fingerprint density at radius 1 is 1.08 bits per heavy atom. The van der Waals surface area contributed by atoms with E-state index in [0.29, 0.717) is 36.9 Å². The molecule has 3 N–H and O–H groups in total. The molecule has 1 aliphatic carbocycles. The molecule has 1 aromatic rings. The molecule has 2 atom stereocenters. The normalized spacial score (nSPS) is 21.0. The number of ether oxygens (including phenoxy) is 2. The lowest BCUT2D eigenvalue weighted by atomic mass is 9.89. The van der Waals surface area contributed by atoms with E-state index >= 15 is 0 Å². The molecule has 36 heavy (non-hydrogen) atoms. The maximum absolute atomic E-state index is 13.8.